The molecule has 1 aromatic rings. The van der Waals surface area contributed by atoms with Crippen LogP contribution in [0.15, 0.2) is 18.3 Å². The zero-order valence-corrected chi connectivity index (χ0v) is 8.49. The van der Waals surface area contributed by atoms with Gasteiger partial charge in [0.05, 0.1) is 13.5 Å². The Morgan fingerprint density at radius 3 is 2.93 bits per heavy atom. The minimum absolute atomic E-state index is 0.139. The molecule has 0 aliphatic rings. The van der Waals surface area contributed by atoms with E-state index < -0.39 is 6.04 Å². The molecule has 0 fully saturated rings. The molecule has 0 aromatic carbocycles. The Morgan fingerprint density at radius 2 is 2.43 bits per heavy atom. The van der Waals surface area contributed by atoms with Gasteiger partial charge in [0.1, 0.15) is 5.15 Å². The number of nitrogens with zero attached hydrogens (tertiary/aromatic N) is 1. The SMILES string of the molecule is COC(=O)CC(N)c1ccc(Cl)nc1. The minimum atomic E-state index is -0.396. The fourth-order valence-electron chi connectivity index (χ4n) is 0.987. The summed E-state index contributed by atoms with van der Waals surface area (Å²) in [6.07, 6.45) is 1.69. The Kier molecular flexibility index (Phi) is 3.85. The number of aromatic nitrogens is 1. The van der Waals surface area contributed by atoms with Gasteiger partial charge in [-0.15, -0.1) is 0 Å². The van der Waals surface area contributed by atoms with E-state index in [0.29, 0.717) is 5.15 Å². The van der Waals surface area contributed by atoms with E-state index in [1.54, 1.807) is 18.3 Å². The second kappa shape index (κ2) is 4.93. The first kappa shape index (κ1) is 10.9. The maximum absolute atomic E-state index is 10.9. The average molecular weight is 215 g/mol. The molecule has 5 heteroatoms. The lowest BCUT2D eigenvalue weighted by molar-refractivity contribution is -0.141. The van der Waals surface area contributed by atoms with Gasteiger partial charge in [-0.1, -0.05) is 17.7 Å². The fraction of sp³-hybridized carbons (Fsp3) is 0.333. The summed E-state index contributed by atoms with van der Waals surface area (Å²) in [5, 5.41) is 0.402. The van der Waals surface area contributed by atoms with E-state index in [1.165, 1.54) is 7.11 Å². The Labute approximate surface area is 87.0 Å². The highest BCUT2D eigenvalue weighted by molar-refractivity contribution is 6.29. The number of esters is 1. The van der Waals surface area contributed by atoms with Crippen LogP contribution in [0.3, 0.4) is 0 Å². The van der Waals surface area contributed by atoms with Gasteiger partial charge in [0, 0.05) is 12.2 Å². The predicted octanol–water partition coefficient (Wildman–Crippen LogP) is 1.30. The standard InChI is InChI=1S/C9H11ClN2O2/c1-14-9(13)4-7(11)6-2-3-8(10)12-5-6/h2-3,5,7H,4,11H2,1H3. The number of halogens is 1. The van der Waals surface area contributed by atoms with Crippen molar-refractivity contribution in [3.8, 4) is 0 Å². The van der Waals surface area contributed by atoms with Crippen molar-refractivity contribution in [2.24, 2.45) is 5.73 Å². The highest BCUT2D eigenvalue weighted by atomic mass is 35.5. The summed E-state index contributed by atoms with van der Waals surface area (Å²) in [6.45, 7) is 0. The Morgan fingerprint density at radius 1 is 1.71 bits per heavy atom. The summed E-state index contributed by atoms with van der Waals surface area (Å²) in [5.74, 6) is -0.340. The van der Waals surface area contributed by atoms with Crippen LogP contribution < -0.4 is 5.73 Å². The number of methoxy groups -OCH3 is 1. The van der Waals surface area contributed by atoms with Crippen LogP contribution in [0, 0.1) is 0 Å². The van der Waals surface area contributed by atoms with Gasteiger partial charge < -0.3 is 10.5 Å². The van der Waals surface area contributed by atoms with Crippen molar-refractivity contribution in [2.45, 2.75) is 12.5 Å². The summed E-state index contributed by atoms with van der Waals surface area (Å²) in [5.41, 5.74) is 6.50. The molecule has 1 rings (SSSR count). The fourth-order valence-corrected chi connectivity index (χ4v) is 1.10. The summed E-state index contributed by atoms with van der Waals surface area (Å²) < 4.78 is 4.50. The van der Waals surface area contributed by atoms with Gasteiger partial charge in [0.25, 0.3) is 0 Å². The van der Waals surface area contributed by atoms with E-state index in [2.05, 4.69) is 9.72 Å². The number of rotatable bonds is 3. The van der Waals surface area contributed by atoms with Crippen LogP contribution >= 0.6 is 11.6 Å². The summed E-state index contributed by atoms with van der Waals surface area (Å²) >= 11 is 5.61. The van der Waals surface area contributed by atoms with E-state index in [0.717, 1.165) is 5.56 Å². The number of hydrogen-bond donors (Lipinski definition) is 1. The van der Waals surface area contributed by atoms with E-state index >= 15 is 0 Å². The highest BCUT2D eigenvalue weighted by Gasteiger charge is 2.11. The molecule has 4 nitrogen and oxygen atoms in total. The lowest BCUT2D eigenvalue weighted by Crippen LogP contribution is -2.16. The third-order valence-electron chi connectivity index (χ3n) is 1.79. The normalized spacial score (nSPS) is 12.2. The number of nitrogens with two attached hydrogens (primary N) is 1. The van der Waals surface area contributed by atoms with Crippen LogP contribution in [0.4, 0.5) is 0 Å². The molecule has 0 saturated heterocycles. The number of pyridine rings is 1. The van der Waals surface area contributed by atoms with Crippen molar-refractivity contribution in [3.05, 3.63) is 29.0 Å². The van der Waals surface area contributed by atoms with Gasteiger partial charge in [-0.25, -0.2) is 4.98 Å². The quantitative estimate of drug-likeness (QED) is 0.609. The van der Waals surface area contributed by atoms with Gasteiger partial charge in [0.15, 0.2) is 0 Å². The Balaban J connectivity index is 2.65. The van der Waals surface area contributed by atoms with E-state index in [-0.39, 0.29) is 12.4 Å². The van der Waals surface area contributed by atoms with Crippen LogP contribution in [-0.2, 0) is 9.53 Å². The number of ether oxygens (including phenoxy) is 1. The Bertz CT molecular complexity index is 313. The third-order valence-corrected chi connectivity index (χ3v) is 2.02. The summed E-state index contributed by atoms with van der Waals surface area (Å²) in [7, 11) is 1.33. The number of carbonyl (C=O) groups is 1. The van der Waals surface area contributed by atoms with Gasteiger partial charge in [-0.2, -0.15) is 0 Å². The first-order valence-electron chi connectivity index (χ1n) is 4.07. The Hall–Kier alpha value is -1.13. The molecule has 0 aliphatic carbocycles. The zero-order valence-electron chi connectivity index (χ0n) is 7.74. The summed E-state index contributed by atoms with van der Waals surface area (Å²) in [4.78, 5) is 14.8. The van der Waals surface area contributed by atoms with Crippen molar-refractivity contribution >= 4 is 17.6 Å². The molecular formula is C9H11ClN2O2. The van der Waals surface area contributed by atoms with Crippen LogP contribution in [0.5, 0.6) is 0 Å². The van der Waals surface area contributed by atoms with Crippen molar-refractivity contribution in [2.75, 3.05) is 7.11 Å². The van der Waals surface area contributed by atoms with Crippen molar-refractivity contribution in [3.63, 3.8) is 0 Å². The van der Waals surface area contributed by atoms with Crippen molar-refractivity contribution < 1.29 is 9.53 Å². The van der Waals surface area contributed by atoms with Crippen molar-refractivity contribution in [1.82, 2.24) is 4.98 Å². The molecule has 0 aliphatic heterocycles. The number of hydrogen-bond acceptors (Lipinski definition) is 4. The maximum Gasteiger partial charge on any atom is 0.307 e. The van der Waals surface area contributed by atoms with Crippen LogP contribution in [-0.4, -0.2) is 18.1 Å². The minimum Gasteiger partial charge on any atom is -0.469 e. The molecular weight excluding hydrogens is 204 g/mol. The second-order valence-corrected chi connectivity index (χ2v) is 3.19. The molecule has 0 bridgehead atoms. The predicted molar refractivity (Wildman–Crippen MR) is 52.8 cm³/mol. The topological polar surface area (TPSA) is 65.2 Å². The van der Waals surface area contributed by atoms with E-state index in [1.807, 2.05) is 0 Å². The lowest BCUT2D eigenvalue weighted by atomic mass is 10.1. The van der Waals surface area contributed by atoms with Gasteiger partial charge in [-0.3, -0.25) is 4.79 Å². The lowest BCUT2D eigenvalue weighted by Gasteiger charge is -2.09. The highest BCUT2D eigenvalue weighted by Crippen LogP contribution is 2.15. The van der Waals surface area contributed by atoms with Crippen LogP contribution in [0.25, 0.3) is 0 Å². The van der Waals surface area contributed by atoms with E-state index in [4.69, 9.17) is 17.3 Å². The van der Waals surface area contributed by atoms with E-state index in [9.17, 15) is 4.79 Å². The molecule has 1 unspecified atom stereocenters. The van der Waals surface area contributed by atoms with Gasteiger partial charge >= 0.3 is 5.97 Å². The van der Waals surface area contributed by atoms with Gasteiger partial charge in [-0.05, 0) is 11.6 Å². The third kappa shape index (κ3) is 2.97. The molecule has 0 radical (unpaired) electrons. The van der Waals surface area contributed by atoms with Crippen LogP contribution in [0.1, 0.15) is 18.0 Å². The number of carbonyl (C=O) groups excluding carboxylic acids is 1. The molecule has 76 valence electrons. The molecule has 2 N–H and O–H groups in total. The molecule has 1 aromatic heterocycles. The largest absolute Gasteiger partial charge is 0.469 e. The molecule has 0 amide bonds. The van der Waals surface area contributed by atoms with Crippen LogP contribution in [0.2, 0.25) is 5.15 Å². The molecule has 14 heavy (non-hydrogen) atoms. The van der Waals surface area contributed by atoms with Gasteiger partial charge in [0.2, 0.25) is 0 Å². The molecule has 0 spiro atoms. The zero-order chi connectivity index (χ0) is 10.6. The maximum atomic E-state index is 10.9. The molecule has 1 atom stereocenters. The molecule has 1 heterocycles. The van der Waals surface area contributed by atoms with Crippen molar-refractivity contribution in [1.29, 1.82) is 0 Å². The molecule has 0 saturated carbocycles. The summed E-state index contributed by atoms with van der Waals surface area (Å²) in [6, 6.07) is 2.98. The average Bonchev–Trinajstić information content (AvgIpc) is 2.18. The monoisotopic (exact) mass is 214 g/mol. The first-order valence-corrected chi connectivity index (χ1v) is 4.45. The first-order chi connectivity index (χ1) is 6.63. The smallest absolute Gasteiger partial charge is 0.307 e. The second-order valence-electron chi connectivity index (χ2n) is 2.80.